The van der Waals surface area contributed by atoms with Gasteiger partial charge in [0.05, 0.1) is 21.3 Å². The SMILES string of the molecule is COc1cc(F)ccc1N(N)OP(=O)(ON(N)c1ccc(F)cc1OC)ON(N)c1ccc(F)cc1OC. The molecular formula is C21H24F3N6O7P. The summed E-state index contributed by atoms with van der Waals surface area (Å²) in [5, 5.41) is 1.18. The number of hydrogen-bond acceptors (Lipinski definition) is 13. The van der Waals surface area contributed by atoms with Crippen LogP contribution in [0.4, 0.5) is 30.2 Å². The predicted molar refractivity (Wildman–Crippen MR) is 130 cm³/mol. The number of halogens is 3. The molecule has 206 valence electrons. The fourth-order valence-corrected chi connectivity index (χ4v) is 4.00. The van der Waals surface area contributed by atoms with Crippen molar-refractivity contribution in [3.8, 4) is 17.2 Å². The Labute approximate surface area is 214 Å². The van der Waals surface area contributed by atoms with E-state index in [-0.39, 0.29) is 34.3 Å². The van der Waals surface area contributed by atoms with Gasteiger partial charge in [0, 0.05) is 18.2 Å². The van der Waals surface area contributed by atoms with E-state index in [9.17, 15) is 17.7 Å². The molecule has 0 saturated carbocycles. The van der Waals surface area contributed by atoms with Crippen molar-refractivity contribution in [3.05, 3.63) is 72.0 Å². The molecule has 0 spiro atoms. The first kappa shape index (κ1) is 28.8. The van der Waals surface area contributed by atoms with Crippen LogP contribution in [-0.4, -0.2) is 21.3 Å². The van der Waals surface area contributed by atoms with E-state index in [1.807, 2.05) is 0 Å². The third kappa shape index (κ3) is 6.76. The molecule has 0 radical (unpaired) electrons. The summed E-state index contributed by atoms with van der Waals surface area (Å²) in [6.07, 6.45) is 0. The van der Waals surface area contributed by atoms with E-state index in [1.54, 1.807) is 0 Å². The maximum atomic E-state index is 13.8. The first-order chi connectivity index (χ1) is 18.0. The topological polar surface area (TPSA) is 160 Å². The first-order valence-electron chi connectivity index (χ1n) is 10.3. The Morgan fingerprint density at radius 2 is 0.842 bits per heavy atom. The summed E-state index contributed by atoms with van der Waals surface area (Å²) in [5.41, 5.74) is -0.355. The Kier molecular flexibility index (Phi) is 9.24. The zero-order valence-electron chi connectivity index (χ0n) is 20.2. The minimum atomic E-state index is -5.06. The molecule has 3 aromatic carbocycles. The van der Waals surface area contributed by atoms with Crippen LogP contribution in [0, 0.1) is 17.5 Å². The second-order valence-corrected chi connectivity index (χ2v) is 8.50. The van der Waals surface area contributed by atoms with Crippen molar-refractivity contribution >= 4 is 24.9 Å². The van der Waals surface area contributed by atoms with E-state index in [1.165, 1.54) is 21.3 Å². The van der Waals surface area contributed by atoms with Gasteiger partial charge in [-0.05, 0) is 36.4 Å². The average Bonchev–Trinajstić information content (AvgIpc) is 2.87. The quantitative estimate of drug-likeness (QED) is 0.168. The summed E-state index contributed by atoms with van der Waals surface area (Å²) < 4.78 is 85.6. The van der Waals surface area contributed by atoms with Crippen molar-refractivity contribution in [2.75, 3.05) is 36.8 Å². The van der Waals surface area contributed by atoms with Gasteiger partial charge in [0.2, 0.25) is 0 Å². The van der Waals surface area contributed by atoms with Crippen molar-refractivity contribution in [1.82, 2.24) is 0 Å². The third-order valence-electron chi connectivity index (χ3n) is 4.70. The summed E-state index contributed by atoms with van der Waals surface area (Å²) >= 11 is 0. The summed E-state index contributed by atoms with van der Waals surface area (Å²) in [7, 11) is -1.38. The number of methoxy groups -OCH3 is 3. The lowest BCUT2D eigenvalue weighted by atomic mass is 10.3. The van der Waals surface area contributed by atoms with Crippen molar-refractivity contribution in [1.29, 1.82) is 0 Å². The van der Waals surface area contributed by atoms with Crippen LogP contribution < -0.4 is 47.3 Å². The third-order valence-corrected chi connectivity index (χ3v) is 5.83. The number of hydrazine groups is 3. The molecule has 0 fully saturated rings. The summed E-state index contributed by atoms with van der Waals surface area (Å²) in [6, 6.07) is 9.41. The van der Waals surface area contributed by atoms with Gasteiger partial charge in [-0.15, -0.1) is 13.9 Å². The number of rotatable bonds is 12. The standard InChI is InChI=1S/C21H24F3N6O7P/c1-32-19-10-13(22)4-7-16(19)28(25)35-38(31,36-29(26)17-8-5-14(23)11-20(17)33-2)37-30(27)18-9-6-15(24)12-21(18)34-3/h4-12H,25-27H2,1-3H3. The van der Waals surface area contributed by atoms with Crippen molar-refractivity contribution in [2.45, 2.75) is 0 Å². The number of ether oxygens (including phenoxy) is 3. The van der Waals surface area contributed by atoms with Crippen LogP contribution in [0.2, 0.25) is 0 Å². The molecule has 0 aliphatic carbocycles. The Balaban J connectivity index is 1.98. The van der Waals surface area contributed by atoms with Crippen LogP contribution in [0.5, 0.6) is 17.2 Å². The maximum Gasteiger partial charge on any atom is 0.543 e. The minimum absolute atomic E-state index is 0.117. The number of hydrogen-bond donors (Lipinski definition) is 3. The maximum absolute atomic E-state index is 13.8. The lowest BCUT2D eigenvalue weighted by Crippen LogP contribution is -2.38. The van der Waals surface area contributed by atoms with Crippen molar-refractivity contribution in [2.24, 2.45) is 17.5 Å². The Morgan fingerprint density at radius 1 is 0.579 bits per heavy atom. The lowest BCUT2D eigenvalue weighted by molar-refractivity contribution is 0.0849. The smallest absolute Gasteiger partial charge is 0.494 e. The van der Waals surface area contributed by atoms with Crippen molar-refractivity contribution in [3.63, 3.8) is 0 Å². The van der Waals surface area contributed by atoms with Gasteiger partial charge in [-0.2, -0.15) is 15.5 Å². The number of anilines is 3. The van der Waals surface area contributed by atoms with Crippen LogP contribution in [-0.2, 0) is 18.4 Å². The molecule has 0 aliphatic rings. The highest BCUT2D eigenvalue weighted by Gasteiger charge is 2.38. The Bertz CT molecular complexity index is 1170. The van der Waals surface area contributed by atoms with Gasteiger partial charge in [0.1, 0.15) is 51.8 Å². The monoisotopic (exact) mass is 560 g/mol. The minimum Gasteiger partial charge on any atom is -0.494 e. The van der Waals surface area contributed by atoms with E-state index < -0.39 is 25.3 Å². The molecule has 38 heavy (non-hydrogen) atoms. The zero-order chi connectivity index (χ0) is 28.0. The molecule has 0 aromatic heterocycles. The van der Waals surface area contributed by atoms with Crippen LogP contribution in [0.3, 0.4) is 0 Å². The van der Waals surface area contributed by atoms with Gasteiger partial charge in [-0.3, -0.25) is 0 Å². The van der Waals surface area contributed by atoms with E-state index in [0.29, 0.717) is 15.5 Å². The number of phosphoric acid groups is 1. The van der Waals surface area contributed by atoms with Crippen LogP contribution in [0.25, 0.3) is 0 Å². The molecule has 0 atom stereocenters. The first-order valence-corrected chi connectivity index (χ1v) is 11.8. The number of nitrogens with two attached hydrogens (primary N) is 3. The van der Waals surface area contributed by atoms with Gasteiger partial charge < -0.3 is 14.2 Å². The highest BCUT2D eigenvalue weighted by molar-refractivity contribution is 7.48. The van der Waals surface area contributed by atoms with Gasteiger partial charge >= 0.3 is 7.82 Å². The fraction of sp³-hybridized carbons (Fsp3) is 0.143. The lowest BCUT2D eigenvalue weighted by Gasteiger charge is -2.30. The van der Waals surface area contributed by atoms with Crippen molar-refractivity contribution < 1.29 is 45.8 Å². The molecule has 0 bridgehead atoms. The van der Waals surface area contributed by atoms with E-state index in [0.717, 1.165) is 54.6 Å². The van der Waals surface area contributed by atoms with Crippen LogP contribution in [0.15, 0.2) is 54.6 Å². The Morgan fingerprint density at radius 3 is 1.08 bits per heavy atom. The van der Waals surface area contributed by atoms with Gasteiger partial charge in [0.15, 0.2) is 0 Å². The second kappa shape index (κ2) is 12.2. The number of benzene rings is 3. The van der Waals surface area contributed by atoms with Crippen LogP contribution in [0.1, 0.15) is 0 Å². The molecule has 0 unspecified atom stereocenters. The molecule has 6 N–H and O–H groups in total. The van der Waals surface area contributed by atoms with Gasteiger partial charge in [-0.1, -0.05) is 0 Å². The second-order valence-electron chi connectivity index (χ2n) is 7.12. The predicted octanol–water partition coefficient (Wildman–Crippen LogP) is 3.47. The van der Waals surface area contributed by atoms with E-state index >= 15 is 0 Å². The summed E-state index contributed by atoms with van der Waals surface area (Å²) in [6.45, 7) is 0. The summed E-state index contributed by atoms with van der Waals surface area (Å²) in [4.78, 5) is 0. The zero-order valence-corrected chi connectivity index (χ0v) is 21.1. The fourth-order valence-electron chi connectivity index (χ4n) is 3.00. The highest BCUT2D eigenvalue weighted by atomic mass is 31.2. The molecular weight excluding hydrogens is 536 g/mol. The molecule has 3 aromatic rings. The molecule has 17 heteroatoms. The number of nitrogens with zero attached hydrogens (tertiary/aromatic N) is 3. The summed E-state index contributed by atoms with van der Waals surface area (Å²) in [5.74, 6) is 15.3. The highest BCUT2D eigenvalue weighted by Crippen LogP contribution is 2.53. The average molecular weight is 560 g/mol. The molecule has 3 rings (SSSR count). The van der Waals surface area contributed by atoms with Crippen LogP contribution >= 0.6 is 7.82 Å². The van der Waals surface area contributed by atoms with Gasteiger partial charge in [-0.25, -0.2) is 35.3 Å². The molecule has 0 saturated heterocycles. The molecule has 0 aliphatic heterocycles. The normalized spacial score (nSPS) is 11.2. The largest absolute Gasteiger partial charge is 0.543 e. The van der Waals surface area contributed by atoms with Gasteiger partial charge in [0.25, 0.3) is 0 Å². The molecule has 0 amide bonds. The molecule has 0 heterocycles. The molecule has 13 nitrogen and oxygen atoms in total. The van der Waals surface area contributed by atoms with E-state index in [4.69, 9.17) is 45.6 Å². The van der Waals surface area contributed by atoms with E-state index in [2.05, 4.69) is 0 Å². The Hall–Kier alpha value is -3.76.